The molecule has 0 aromatic heterocycles. The quantitative estimate of drug-likeness (QED) is 0.445. The molecule has 2 saturated heterocycles. The van der Waals surface area contributed by atoms with Gasteiger partial charge in [0.05, 0.1) is 30.6 Å². The third-order valence-electron chi connectivity index (χ3n) is 5.91. The summed E-state index contributed by atoms with van der Waals surface area (Å²) in [6.07, 6.45) is 3.35. The van der Waals surface area contributed by atoms with E-state index < -0.39 is 5.41 Å². The van der Waals surface area contributed by atoms with Gasteiger partial charge in [-0.3, -0.25) is 19.3 Å². The first-order valence-electron chi connectivity index (χ1n) is 9.01. The molecule has 3 rings (SSSR count). The number of nitrogens with zero attached hydrogens (tertiary/aromatic N) is 1. The monoisotopic (exact) mass is 337 g/mol. The summed E-state index contributed by atoms with van der Waals surface area (Å²) in [4.78, 5) is 38.2. The molecule has 2 amide bonds. The number of likely N-dealkylation sites (tertiary alicyclic amines) is 1. The first-order chi connectivity index (χ1) is 11.3. The molecule has 134 valence electrons. The van der Waals surface area contributed by atoms with E-state index in [4.69, 9.17) is 9.47 Å². The second-order valence-corrected chi connectivity index (χ2v) is 7.87. The van der Waals surface area contributed by atoms with Gasteiger partial charge in [0.25, 0.3) is 0 Å². The van der Waals surface area contributed by atoms with Crippen LogP contribution in [0.2, 0.25) is 0 Å². The Kier molecular flexibility index (Phi) is 4.69. The molecule has 6 heteroatoms. The molecule has 2 atom stereocenters. The Bertz CT molecular complexity index is 536. The Hall–Kier alpha value is -1.43. The van der Waals surface area contributed by atoms with E-state index in [0.717, 1.165) is 6.42 Å². The summed E-state index contributed by atoms with van der Waals surface area (Å²) < 4.78 is 10.9. The summed E-state index contributed by atoms with van der Waals surface area (Å²) in [5, 5.41) is 0. The Morgan fingerprint density at radius 2 is 1.88 bits per heavy atom. The van der Waals surface area contributed by atoms with Gasteiger partial charge in [0, 0.05) is 5.92 Å². The largest absolute Gasteiger partial charge is 0.462 e. The lowest BCUT2D eigenvalue weighted by atomic mass is 9.82. The second kappa shape index (κ2) is 6.47. The van der Waals surface area contributed by atoms with Crippen LogP contribution in [0.4, 0.5) is 0 Å². The van der Waals surface area contributed by atoms with Gasteiger partial charge in [-0.05, 0) is 46.0 Å². The Balaban J connectivity index is 1.49. The number of rotatable bonds is 4. The lowest BCUT2D eigenvalue weighted by Gasteiger charge is -2.43. The van der Waals surface area contributed by atoms with Crippen LogP contribution in [0.5, 0.6) is 0 Å². The van der Waals surface area contributed by atoms with E-state index in [2.05, 4.69) is 0 Å². The van der Waals surface area contributed by atoms with E-state index in [9.17, 15) is 14.4 Å². The topological polar surface area (TPSA) is 72.9 Å². The average molecular weight is 337 g/mol. The number of carbonyl (C=O) groups excluding carboxylic acids is 3. The SMILES string of the molecule is CCC(C)(C)C(=O)OC1CCC(C(=O)N2C(=O)C3COCC32)CC1. The molecular formula is C18H27NO5. The number of ether oxygens (including phenoxy) is 2. The molecule has 0 N–H and O–H groups in total. The lowest BCUT2D eigenvalue weighted by Crippen LogP contribution is -2.64. The van der Waals surface area contributed by atoms with Crippen LogP contribution in [0.25, 0.3) is 0 Å². The fraction of sp³-hybridized carbons (Fsp3) is 0.833. The zero-order valence-corrected chi connectivity index (χ0v) is 14.7. The summed E-state index contributed by atoms with van der Waals surface area (Å²) in [6.45, 7) is 6.67. The maximum atomic E-state index is 12.6. The molecule has 0 spiro atoms. The van der Waals surface area contributed by atoms with Gasteiger partial charge >= 0.3 is 5.97 Å². The van der Waals surface area contributed by atoms with Crippen molar-refractivity contribution in [2.24, 2.45) is 17.3 Å². The molecule has 24 heavy (non-hydrogen) atoms. The minimum Gasteiger partial charge on any atom is -0.462 e. The molecule has 3 aliphatic rings. The van der Waals surface area contributed by atoms with Crippen molar-refractivity contribution in [1.29, 1.82) is 0 Å². The summed E-state index contributed by atoms with van der Waals surface area (Å²) in [5.41, 5.74) is -0.464. The zero-order valence-electron chi connectivity index (χ0n) is 14.7. The first kappa shape index (κ1) is 17.4. The molecule has 1 saturated carbocycles. The van der Waals surface area contributed by atoms with Crippen molar-refractivity contribution >= 4 is 17.8 Å². The predicted molar refractivity (Wildman–Crippen MR) is 85.9 cm³/mol. The molecule has 1 aliphatic carbocycles. The summed E-state index contributed by atoms with van der Waals surface area (Å²) in [7, 11) is 0. The van der Waals surface area contributed by atoms with E-state index in [-0.39, 0.29) is 41.8 Å². The van der Waals surface area contributed by atoms with Crippen molar-refractivity contribution in [2.75, 3.05) is 13.2 Å². The van der Waals surface area contributed by atoms with Gasteiger partial charge in [-0.1, -0.05) is 6.92 Å². The van der Waals surface area contributed by atoms with Gasteiger partial charge in [-0.25, -0.2) is 0 Å². The smallest absolute Gasteiger partial charge is 0.311 e. The first-order valence-corrected chi connectivity index (χ1v) is 9.01. The predicted octanol–water partition coefficient (Wildman–Crippen LogP) is 1.91. The van der Waals surface area contributed by atoms with Gasteiger partial charge in [0.2, 0.25) is 11.8 Å². The zero-order chi connectivity index (χ0) is 17.5. The number of esters is 1. The summed E-state index contributed by atoms with van der Waals surface area (Å²) in [5.74, 6) is -0.554. The van der Waals surface area contributed by atoms with Crippen LogP contribution < -0.4 is 0 Å². The Morgan fingerprint density at radius 3 is 2.50 bits per heavy atom. The number of imide groups is 1. The van der Waals surface area contributed by atoms with Crippen molar-refractivity contribution < 1.29 is 23.9 Å². The molecule has 2 unspecified atom stereocenters. The van der Waals surface area contributed by atoms with Crippen molar-refractivity contribution in [3.8, 4) is 0 Å². The molecule has 0 aromatic carbocycles. The second-order valence-electron chi connectivity index (χ2n) is 7.87. The maximum Gasteiger partial charge on any atom is 0.311 e. The van der Waals surface area contributed by atoms with Gasteiger partial charge in [-0.15, -0.1) is 0 Å². The summed E-state index contributed by atoms with van der Waals surface area (Å²) >= 11 is 0. The van der Waals surface area contributed by atoms with Crippen molar-refractivity contribution in [2.45, 2.75) is 65.0 Å². The molecule has 0 bridgehead atoms. The molecule has 2 heterocycles. The summed E-state index contributed by atoms with van der Waals surface area (Å²) in [6, 6.07) is -0.0501. The Labute approximate surface area is 142 Å². The van der Waals surface area contributed by atoms with Gasteiger partial charge in [0.15, 0.2) is 0 Å². The van der Waals surface area contributed by atoms with E-state index in [1.807, 2.05) is 20.8 Å². The maximum absolute atomic E-state index is 12.6. The third kappa shape index (κ3) is 2.96. The average Bonchev–Trinajstić information content (AvgIpc) is 2.99. The van der Waals surface area contributed by atoms with Gasteiger partial charge < -0.3 is 9.47 Å². The van der Waals surface area contributed by atoms with Crippen molar-refractivity contribution in [1.82, 2.24) is 4.90 Å². The minimum absolute atomic E-state index is 0.0501. The van der Waals surface area contributed by atoms with Crippen LogP contribution in [0.15, 0.2) is 0 Å². The fourth-order valence-electron chi connectivity index (χ4n) is 3.64. The van der Waals surface area contributed by atoms with E-state index >= 15 is 0 Å². The van der Waals surface area contributed by atoms with Crippen LogP contribution in [-0.4, -0.2) is 48.0 Å². The molecule has 0 aromatic rings. The third-order valence-corrected chi connectivity index (χ3v) is 5.91. The van der Waals surface area contributed by atoms with Crippen LogP contribution in [0, 0.1) is 17.3 Å². The molecular weight excluding hydrogens is 310 g/mol. The minimum atomic E-state index is -0.464. The van der Waals surface area contributed by atoms with Crippen molar-refractivity contribution in [3.05, 3.63) is 0 Å². The number of carbonyl (C=O) groups is 3. The fourth-order valence-corrected chi connectivity index (χ4v) is 3.64. The van der Waals surface area contributed by atoms with E-state index in [0.29, 0.717) is 38.9 Å². The van der Waals surface area contributed by atoms with Crippen LogP contribution in [0.3, 0.4) is 0 Å². The number of β-lactam (4-membered cyclic amide) rings is 1. The molecule has 2 aliphatic heterocycles. The van der Waals surface area contributed by atoms with Crippen molar-refractivity contribution in [3.63, 3.8) is 0 Å². The highest BCUT2D eigenvalue weighted by Crippen LogP contribution is 2.37. The van der Waals surface area contributed by atoms with Gasteiger partial charge in [0.1, 0.15) is 6.10 Å². The van der Waals surface area contributed by atoms with Crippen LogP contribution in [-0.2, 0) is 23.9 Å². The number of amides is 2. The van der Waals surface area contributed by atoms with E-state index in [1.165, 1.54) is 4.90 Å². The molecule has 6 nitrogen and oxygen atoms in total. The van der Waals surface area contributed by atoms with Crippen LogP contribution in [0.1, 0.15) is 52.9 Å². The number of hydrogen-bond donors (Lipinski definition) is 0. The molecule has 0 radical (unpaired) electrons. The standard InChI is InChI=1S/C18H27NO5/c1-4-18(2,3)17(22)24-12-7-5-11(6-8-12)15(20)19-14-10-23-9-13(14)16(19)21/h11-14H,4-10H2,1-3H3. The normalized spacial score (nSPS) is 33.0. The highest BCUT2D eigenvalue weighted by atomic mass is 16.5. The highest BCUT2D eigenvalue weighted by Gasteiger charge is 2.54. The van der Waals surface area contributed by atoms with Gasteiger partial charge in [-0.2, -0.15) is 0 Å². The lowest BCUT2D eigenvalue weighted by molar-refractivity contribution is -0.167. The number of hydrogen-bond acceptors (Lipinski definition) is 5. The highest BCUT2D eigenvalue weighted by molar-refractivity contribution is 6.03. The van der Waals surface area contributed by atoms with E-state index in [1.54, 1.807) is 0 Å². The number of fused-ring (bicyclic) bond motifs is 1. The Morgan fingerprint density at radius 1 is 1.21 bits per heavy atom. The van der Waals surface area contributed by atoms with Crippen LogP contribution >= 0.6 is 0 Å². The molecule has 3 fully saturated rings.